The number of hydrogen-bond donors (Lipinski definition) is 1. The third kappa shape index (κ3) is 4.35. The molecule has 0 aromatic heterocycles. The van der Waals surface area contributed by atoms with E-state index < -0.39 is 5.91 Å². The number of halogens is 2. The van der Waals surface area contributed by atoms with Gasteiger partial charge in [0.25, 0.3) is 11.8 Å². The summed E-state index contributed by atoms with van der Waals surface area (Å²) >= 11 is 13.3. The maximum atomic E-state index is 13.4. The summed E-state index contributed by atoms with van der Waals surface area (Å²) in [5.74, 6) is -0.790. The average molecular weight is 469 g/mol. The fraction of sp³-hybridized carbons (Fsp3) is 0.0833. The van der Waals surface area contributed by atoms with Crippen molar-refractivity contribution in [3.8, 4) is 0 Å². The van der Waals surface area contributed by atoms with Crippen molar-refractivity contribution in [1.29, 1.82) is 0 Å². The van der Waals surface area contributed by atoms with Crippen LogP contribution in [0.4, 0.5) is 11.4 Å². The predicted molar refractivity (Wildman–Crippen MR) is 128 cm³/mol. The Labute approximate surface area is 194 Å². The fourth-order valence-corrected chi connectivity index (χ4v) is 4.55. The summed E-state index contributed by atoms with van der Waals surface area (Å²) in [6, 6.07) is 19.8. The second kappa shape index (κ2) is 8.79. The van der Waals surface area contributed by atoms with Crippen LogP contribution < -0.4 is 10.2 Å². The van der Waals surface area contributed by atoms with Gasteiger partial charge in [-0.3, -0.25) is 9.59 Å². The van der Waals surface area contributed by atoms with Crippen molar-refractivity contribution in [3.63, 3.8) is 0 Å². The fourth-order valence-electron chi connectivity index (χ4n) is 3.27. The van der Waals surface area contributed by atoms with Crippen LogP contribution in [-0.4, -0.2) is 11.8 Å². The lowest BCUT2D eigenvalue weighted by molar-refractivity contribution is -0.120. The van der Waals surface area contributed by atoms with E-state index in [-0.39, 0.29) is 11.6 Å². The van der Waals surface area contributed by atoms with E-state index in [0.29, 0.717) is 20.6 Å². The molecule has 1 aliphatic rings. The van der Waals surface area contributed by atoms with Crippen LogP contribution in [0.25, 0.3) is 0 Å². The number of nitrogens with zero attached hydrogens (tertiary/aromatic N) is 1. The van der Waals surface area contributed by atoms with E-state index in [1.165, 1.54) is 16.7 Å². The molecule has 0 unspecified atom stereocenters. The van der Waals surface area contributed by atoms with Gasteiger partial charge in [-0.1, -0.05) is 53.2 Å². The highest BCUT2D eigenvalue weighted by atomic mass is 35.5. The number of para-hydroxylation sites is 1. The van der Waals surface area contributed by atoms with E-state index in [9.17, 15) is 9.59 Å². The lowest BCUT2D eigenvalue weighted by Gasteiger charge is -2.18. The van der Waals surface area contributed by atoms with E-state index in [1.54, 1.807) is 30.3 Å². The molecular weight excluding hydrogens is 451 g/mol. The molecule has 1 heterocycles. The van der Waals surface area contributed by atoms with E-state index >= 15 is 0 Å². The number of nitrogens with one attached hydrogen (secondary N) is 1. The summed E-state index contributed by atoms with van der Waals surface area (Å²) in [7, 11) is 0. The summed E-state index contributed by atoms with van der Waals surface area (Å²) in [6.07, 6.45) is 0. The molecule has 1 N–H and O–H groups in total. The molecule has 0 saturated carbocycles. The van der Waals surface area contributed by atoms with Gasteiger partial charge in [-0.25, -0.2) is 4.90 Å². The van der Waals surface area contributed by atoms with Gasteiger partial charge in [0.1, 0.15) is 10.6 Å². The zero-order valence-electron chi connectivity index (χ0n) is 16.8. The number of amides is 2. The minimum absolute atomic E-state index is 0.244. The van der Waals surface area contributed by atoms with E-state index in [0.717, 1.165) is 21.7 Å². The van der Waals surface area contributed by atoms with Crippen LogP contribution in [0.2, 0.25) is 10.0 Å². The van der Waals surface area contributed by atoms with Crippen molar-refractivity contribution in [2.45, 2.75) is 18.7 Å². The molecule has 4 rings (SSSR count). The minimum atomic E-state index is -0.407. The molecule has 2 amide bonds. The number of hydrogen-bond acceptors (Lipinski definition) is 4. The third-order valence-corrected chi connectivity index (χ3v) is 6.46. The molecule has 0 aliphatic carbocycles. The molecule has 7 heteroatoms. The Morgan fingerprint density at radius 1 is 0.806 bits per heavy atom. The summed E-state index contributed by atoms with van der Waals surface area (Å²) in [5.41, 5.74) is 3.22. The van der Waals surface area contributed by atoms with Crippen molar-refractivity contribution in [3.05, 3.63) is 98.5 Å². The Balaban J connectivity index is 1.78. The van der Waals surface area contributed by atoms with Crippen molar-refractivity contribution in [2.75, 3.05) is 10.2 Å². The van der Waals surface area contributed by atoms with Gasteiger partial charge in [-0.05, 0) is 73.5 Å². The number of thioether (sulfide) groups is 1. The molecule has 0 radical (unpaired) electrons. The molecule has 0 spiro atoms. The molecule has 0 fully saturated rings. The third-order valence-electron chi connectivity index (χ3n) is 4.88. The first-order chi connectivity index (χ1) is 14.8. The van der Waals surface area contributed by atoms with Crippen LogP contribution in [0.15, 0.2) is 82.2 Å². The minimum Gasteiger partial charge on any atom is -0.350 e. The maximum absolute atomic E-state index is 13.4. The highest BCUT2D eigenvalue weighted by molar-refractivity contribution is 8.04. The Kier molecular flexibility index (Phi) is 6.10. The van der Waals surface area contributed by atoms with E-state index in [2.05, 4.69) is 5.32 Å². The molecular formula is C24H18Cl2N2O2S. The van der Waals surface area contributed by atoms with Crippen LogP contribution in [-0.2, 0) is 9.59 Å². The molecule has 31 heavy (non-hydrogen) atoms. The zero-order valence-corrected chi connectivity index (χ0v) is 19.1. The number of aryl methyl sites for hydroxylation is 2. The molecule has 3 aromatic rings. The van der Waals surface area contributed by atoms with Crippen LogP contribution in [0.1, 0.15) is 11.1 Å². The second-order valence-electron chi connectivity index (χ2n) is 7.08. The smallest absolute Gasteiger partial charge is 0.283 e. The molecule has 0 saturated heterocycles. The van der Waals surface area contributed by atoms with Crippen molar-refractivity contribution in [1.82, 2.24) is 0 Å². The Bertz CT molecular complexity index is 1220. The van der Waals surface area contributed by atoms with Crippen LogP contribution in [0.5, 0.6) is 0 Å². The second-order valence-corrected chi connectivity index (χ2v) is 9.03. The topological polar surface area (TPSA) is 49.4 Å². The average Bonchev–Trinajstić information content (AvgIpc) is 2.96. The summed E-state index contributed by atoms with van der Waals surface area (Å²) < 4.78 is 0. The molecule has 3 aromatic carbocycles. The molecule has 156 valence electrons. The number of carbonyl (C=O) groups excluding carboxylic acids is 2. The molecule has 4 nitrogen and oxygen atoms in total. The molecule has 0 bridgehead atoms. The van der Waals surface area contributed by atoms with Gasteiger partial charge in [0.15, 0.2) is 0 Å². The zero-order chi connectivity index (χ0) is 22.1. The van der Waals surface area contributed by atoms with Gasteiger partial charge in [0.05, 0.1) is 5.69 Å². The predicted octanol–water partition coefficient (Wildman–Crippen LogP) is 6.60. The first-order valence-corrected chi connectivity index (χ1v) is 11.1. The Morgan fingerprint density at radius 3 is 2.16 bits per heavy atom. The number of carbonyl (C=O) groups is 2. The van der Waals surface area contributed by atoms with Gasteiger partial charge >= 0.3 is 0 Å². The van der Waals surface area contributed by atoms with Crippen LogP contribution in [0, 0.1) is 13.8 Å². The SMILES string of the molecule is Cc1ccccc1NC1=C(Sc2ccc(Cl)cc2)C(=O)N(c2ccc(Cl)cc2C)C1=O. The van der Waals surface area contributed by atoms with Crippen LogP contribution in [0.3, 0.4) is 0 Å². The van der Waals surface area contributed by atoms with E-state index in [1.807, 2.05) is 50.2 Å². The maximum Gasteiger partial charge on any atom is 0.283 e. The van der Waals surface area contributed by atoms with Gasteiger partial charge in [-0.15, -0.1) is 0 Å². The number of anilines is 2. The van der Waals surface area contributed by atoms with E-state index in [4.69, 9.17) is 23.2 Å². The lowest BCUT2D eigenvalue weighted by atomic mass is 10.2. The Morgan fingerprint density at radius 2 is 1.48 bits per heavy atom. The summed E-state index contributed by atoms with van der Waals surface area (Å²) in [6.45, 7) is 3.76. The highest BCUT2D eigenvalue weighted by Gasteiger charge is 2.41. The summed E-state index contributed by atoms with van der Waals surface area (Å²) in [4.78, 5) is 29.2. The first kappa shape index (κ1) is 21.5. The van der Waals surface area contributed by atoms with Gasteiger partial charge in [0, 0.05) is 20.6 Å². The number of rotatable bonds is 5. The van der Waals surface area contributed by atoms with Crippen molar-refractivity contribution < 1.29 is 9.59 Å². The number of benzene rings is 3. The van der Waals surface area contributed by atoms with Crippen molar-refractivity contribution >= 4 is 58.2 Å². The van der Waals surface area contributed by atoms with Gasteiger partial charge in [0.2, 0.25) is 0 Å². The first-order valence-electron chi connectivity index (χ1n) is 9.50. The number of imide groups is 1. The monoisotopic (exact) mass is 468 g/mol. The standard InChI is InChI=1S/C24H18Cl2N2O2S/c1-14-5-3-4-6-19(14)27-21-22(31-18-10-7-16(25)8-11-18)24(30)28(23(21)29)20-12-9-17(26)13-15(20)2/h3-13,27H,1-2H3. The lowest BCUT2D eigenvalue weighted by Crippen LogP contribution is -2.33. The van der Waals surface area contributed by atoms with Crippen LogP contribution >= 0.6 is 35.0 Å². The summed E-state index contributed by atoms with van der Waals surface area (Å²) in [5, 5.41) is 4.34. The highest BCUT2D eigenvalue weighted by Crippen LogP contribution is 2.39. The van der Waals surface area contributed by atoms with Gasteiger partial charge < -0.3 is 5.32 Å². The largest absolute Gasteiger partial charge is 0.350 e. The Hall–Kier alpha value is -2.73. The quantitative estimate of drug-likeness (QED) is 0.428. The normalized spacial score (nSPS) is 13.9. The van der Waals surface area contributed by atoms with Crippen molar-refractivity contribution in [2.24, 2.45) is 0 Å². The molecule has 0 atom stereocenters. The molecule has 1 aliphatic heterocycles. The van der Waals surface area contributed by atoms with Gasteiger partial charge in [-0.2, -0.15) is 0 Å².